The molecule has 0 aromatic heterocycles. The summed E-state index contributed by atoms with van der Waals surface area (Å²) in [6, 6.07) is 14.2. The molecule has 0 aliphatic carbocycles. The highest BCUT2D eigenvalue weighted by Gasteiger charge is 2.49. The molecule has 0 amide bonds. The third kappa shape index (κ3) is 4.52. The Morgan fingerprint density at radius 3 is 2.16 bits per heavy atom. The van der Waals surface area contributed by atoms with E-state index in [1.54, 1.807) is 25.1 Å². The second-order valence-corrected chi connectivity index (χ2v) is 10.3. The Balaban J connectivity index is 2.20. The molecular weight excluding hydrogens is 414 g/mol. The van der Waals surface area contributed by atoms with E-state index in [9.17, 15) is 13.2 Å². The van der Waals surface area contributed by atoms with Gasteiger partial charge in [0.2, 0.25) is 10.0 Å². The molecule has 0 saturated carbocycles. The number of nitrogens with zero attached hydrogens (tertiary/aromatic N) is 1. The van der Waals surface area contributed by atoms with E-state index in [1.807, 2.05) is 51.1 Å². The standard InChI is InChI=1S/C24H29NO5S/c1-6-30-23(26)20-16-21(24(2,3)4)25(22(20)17-10-8-7-9-11-17)31(27,28)19-14-12-18(29-5)13-15-19/h7-16,21-22H,6H2,1-5H3/t21-,22-/m0/s1. The van der Waals surface area contributed by atoms with Crippen LogP contribution in [-0.4, -0.2) is 38.5 Å². The number of ether oxygens (including phenoxy) is 2. The normalized spacial score (nSPS) is 19.7. The summed E-state index contributed by atoms with van der Waals surface area (Å²) in [4.78, 5) is 13.0. The van der Waals surface area contributed by atoms with Gasteiger partial charge in [-0.1, -0.05) is 57.2 Å². The van der Waals surface area contributed by atoms with Crippen LogP contribution < -0.4 is 4.74 Å². The van der Waals surface area contributed by atoms with Crippen molar-refractivity contribution < 1.29 is 22.7 Å². The Morgan fingerprint density at radius 1 is 1.03 bits per heavy atom. The predicted octanol–water partition coefficient (Wildman–Crippen LogP) is 4.35. The minimum Gasteiger partial charge on any atom is -0.497 e. The van der Waals surface area contributed by atoms with Gasteiger partial charge < -0.3 is 9.47 Å². The number of sulfonamides is 1. The minimum atomic E-state index is -3.96. The zero-order valence-corrected chi connectivity index (χ0v) is 19.3. The Labute approximate surface area is 184 Å². The van der Waals surface area contributed by atoms with Gasteiger partial charge in [0.25, 0.3) is 0 Å². The van der Waals surface area contributed by atoms with Gasteiger partial charge in [0.15, 0.2) is 0 Å². The van der Waals surface area contributed by atoms with E-state index in [-0.39, 0.29) is 11.5 Å². The number of rotatable bonds is 6. The van der Waals surface area contributed by atoms with Crippen LogP contribution in [0, 0.1) is 5.41 Å². The molecule has 0 unspecified atom stereocenters. The Kier molecular flexibility index (Phi) is 6.57. The average Bonchev–Trinajstić information content (AvgIpc) is 3.17. The minimum absolute atomic E-state index is 0.141. The summed E-state index contributed by atoms with van der Waals surface area (Å²) in [5.41, 5.74) is 0.594. The molecule has 166 valence electrons. The molecule has 31 heavy (non-hydrogen) atoms. The van der Waals surface area contributed by atoms with Crippen LogP contribution in [0.1, 0.15) is 39.3 Å². The van der Waals surface area contributed by atoms with Gasteiger partial charge in [-0.15, -0.1) is 0 Å². The maximum atomic E-state index is 13.9. The van der Waals surface area contributed by atoms with Gasteiger partial charge in [0, 0.05) is 6.04 Å². The van der Waals surface area contributed by atoms with Crippen LogP contribution in [0.5, 0.6) is 5.75 Å². The first-order valence-corrected chi connectivity index (χ1v) is 11.7. The Morgan fingerprint density at radius 2 is 1.65 bits per heavy atom. The van der Waals surface area contributed by atoms with Crippen molar-refractivity contribution in [2.24, 2.45) is 5.41 Å². The van der Waals surface area contributed by atoms with Crippen molar-refractivity contribution in [3.8, 4) is 5.75 Å². The van der Waals surface area contributed by atoms with Crippen molar-refractivity contribution in [1.82, 2.24) is 4.31 Å². The first-order valence-electron chi connectivity index (χ1n) is 10.2. The molecule has 7 heteroatoms. The molecule has 0 radical (unpaired) electrons. The van der Waals surface area contributed by atoms with Gasteiger partial charge in [0.1, 0.15) is 5.75 Å². The third-order valence-electron chi connectivity index (χ3n) is 5.31. The lowest BCUT2D eigenvalue weighted by Crippen LogP contribution is -2.45. The molecule has 1 aliphatic rings. The van der Waals surface area contributed by atoms with E-state index in [2.05, 4.69) is 0 Å². The van der Waals surface area contributed by atoms with E-state index in [4.69, 9.17) is 9.47 Å². The summed E-state index contributed by atoms with van der Waals surface area (Å²) in [5, 5.41) is 0. The van der Waals surface area contributed by atoms with Crippen LogP contribution in [0.3, 0.4) is 0 Å². The molecule has 2 aromatic carbocycles. The zero-order valence-electron chi connectivity index (χ0n) is 18.5. The molecule has 0 bridgehead atoms. The van der Waals surface area contributed by atoms with Gasteiger partial charge in [-0.25, -0.2) is 13.2 Å². The van der Waals surface area contributed by atoms with E-state index in [0.717, 1.165) is 0 Å². The molecule has 6 nitrogen and oxygen atoms in total. The summed E-state index contributed by atoms with van der Waals surface area (Å²) in [5.74, 6) is 0.0655. The highest BCUT2D eigenvalue weighted by molar-refractivity contribution is 7.89. The fourth-order valence-electron chi connectivity index (χ4n) is 3.78. The van der Waals surface area contributed by atoms with Crippen LogP contribution in [0.4, 0.5) is 0 Å². The highest BCUT2D eigenvalue weighted by atomic mass is 32.2. The van der Waals surface area contributed by atoms with Crippen molar-refractivity contribution >= 4 is 16.0 Å². The van der Waals surface area contributed by atoms with Crippen molar-refractivity contribution in [3.05, 3.63) is 71.8 Å². The molecule has 0 fully saturated rings. The zero-order chi connectivity index (χ0) is 22.8. The Hall–Kier alpha value is -2.64. The van der Waals surface area contributed by atoms with Crippen molar-refractivity contribution in [3.63, 3.8) is 0 Å². The summed E-state index contributed by atoms with van der Waals surface area (Å²) in [7, 11) is -2.43. The lowest BCUT2D eigenvalue weighted by atomic mass is 9.87. The van der Waals surface area contributed by atoms with Crippen molar-refractivity contribution in [2.45, 2.75) is 44.7 Å². The van der Waals surface area contributed by atoms with E-state index < -0.39 is 33.5 Å². The Bertz CT molecular complexity index is 1050. The fourth-order valence-corrected chi connectivity index (χ4v) is 5.69. The molecule has 0 N–H and O–H groups in total. The fraction of sp³-hybridized carbons (Fsp3) is 0.375. The second kappa shape index (κ2) is 8.85. The topological polar surface area (TPSA) is 72.9 Å². The maximum Gasteiger partial charge on any atom is 0.335 e. The number of carbonyl (C=O) groups excluding carboxylic acids is 1. The van der Waals surface area contributed by atoms with E-state index in [1.165, 1.54) is 23.5 Å². The summed E-state index contributed by atoms with van der Waals surface area (Å²) in [6.45, 7) is 7.82. The van der Waals surface area contributed by atoms with Crippen LogP contribution in [0.15, 0.2) is 71.1 Å². The van der Waals surface area contributed by atoms with Crippen LogP contribution in [0.2, 0.25) is 0 Å². The average molecular weight is 444 g/mol. The number of esters is 1. The number of carbonyl (C=O) groups is 1. The first-order chi connectivity index (χ1) is 14.6. The maximum absolute atomic E-state index is 13.9. The predicted molar refractivity (Wildman–Crippen MR) is 119 cm³/mol. The molecular formula is C24H29NO5S. The number of benzene rings is 2. The van der Waals surface area contributed by atoms with Crippen LogP contribution in [0.25, 0.3) is 0 Å². The van der Waals surface area contributed by atoms with E-state index >= 15 is 0 Å². The number of hydrogen-bond donors (Lipinski definition) is 0. The van der Waals surface area contributed by atoms with Crippen molar-refractivity contribution in [2.75, 3.05) is 13.7 Å². The lowest BCUT2D eigenvalue weighted by molar-refractivity contribution is -0.138. The number of methoxy groups -OCH3 is 1. The monoisotopic (exact) mass is 443 g/mol. The summed E-state index contributed by atoms with van der Waals surface area (Å²) in [6.07, 6.45) is 1.75. The smallest absolute Gasteiger partial charge is 0.335 e. The molecule has 3 rings (SSSR count). The molecule has 1 aliphatic heterocycles. The van der Waals surface area contributed by atoms with Gasteiger partial charge >= 0.3 is 5.97 Å². The van der Waals surface area contributed by atoms with Crippen LogP contribution in [-0.2, 0) is 19.6 Å². The molecule has 2 atom stereocenters. The van der Waals surface area contributed by atoms with Gasteiger partial charge in [-0.2, -0.15) is 4.31 Å². The molecule has 0 spiro atoms. The van der Waals surface area contributed by atoms with Gasteiger partial charge in [0.05, 0.1) is 30.2 Å². The van der Waals surface area contributed by atoms with E-state index in [0.29, 0.717) is 16.9 Å². The van der Waals surface area contributed by atoms with Gasteiger partial charge in [-0.05, 0) is 42.2 Å². The molecule has 0 saturated heterocycles. The summed E-state index contributed by atoms with van der Waals surface area (Å²) < 4.78 is 39.7. The number of hydrogen-bond acceptors (Lipinski definition) is 5. The lowest BCUT2D eigenvalue weighted by Gasteiger charge is -2.37. The molecule has 2 aromatic rings. The quantitative estimate of drug-likeness (QED) is 0.621. The molecule has 1 heterocycles. The van der Waals surface area contributed by atoms with Crippen molar-refractivity contribution in [1.29, 1.82) is 0 Å². The highest BCUT2D eigenvalue weighted by Crippen LogP contribution is 2.46. The SMILES string of the molecule is CCOC(=O)C1=C[C@@H](C(C)(C)C)N(S(=O)(=O)c2ccc(OC)cc2)[C@H]1c1ccccc1. The third-order valence-corrected chi connectivity index (χ3v) is 7.17. The largest absolute Gasteiger partial charge is 0.497 e. The summed E-state index contributed by atoms with van der Waals surface area (Å²) >= 11 is 0. The second-order valence-electron chi connectivity index (χ2n) is 8.48. The first kappa shape index (κ1) is 23.0. The van der Waals surface area contributed by atoms with Crippen LogP contribution >= 0.6 is 0 Å². The van der Waals surface area contributed by atoms with Gasteiger partial charge in [-0.3, -0.25) is 0 Å².